The van der Waals surface area contributed by atoms with Crippen LogP contribution in [0.1, 0.15) is 19.6 Å². The molecule has 0 amide bonds. The third-order valence-corrected chi connectivity index (χ3v) is 4.09. The molecule has 0 unspecified atom stereocenters. The molecule has 2 atom stereocenters. The molecule has 3 rings (SSSR count). The van der Waals surface area contributed by atoms with Gasteiger partial charge in [0.1, 0.15) is 11.8 Å². The molecular weight excluding hydrogens is 281 g/mol. The summed E-state index contributed by atoms with van der Waals surface area (Å²) in [4.78, 5) is 11.2. The Morgan fingerprint density at radius 3 is 2.81 bits per heavy atom. The molecule has 1 saturated heterocycles. The van der Waals surface area contributed by atoms with Crippen LogP contribution >= 0.6 is 0 Å². The van der Waals surface area contributed by atoms with Gasteiger partial charge in [-0.25, -0.2) is 4.98 Å². The lowest BCUT2D eigenvalue weighted by molar-refractivity contribution is -0.132. The summed E-state index contributed by atoms with van der Waals surface area (Å²) in [6, 6.07) is 0. The molecule has 0 bridgehead atoms. The van der Waals surface area contributed by atoms with Crippen LogP contribution in [0, 0.1) is 12.0 Å². The van der Waals surface area contributed by atoms with Crippen molar-refractivity contribution in [3.05, 3.63) is 12.4 Å². The average molecular weight is 297 g/mol. The highest BCUT2D eigenvalue weighted by Crippen LogP contribution is 2.41. The third kappa shape index (κ3) is 2.04. The molecule has 1 aliphatic heterocycles. The van der Waals surface area contributed by atoms with Gasteiger partial charge in [0, 0.05) is 0 Å². The minimum absolute atomic E-state index is 0.0436. The van der Waals surface area contributed by atoms with Gasteiger partial charge in [-0.2, -0.15) is 14.4 Å². The summed E-state index contributed by atoms with van der Waals surface area (Å²) in [6.45, 7) is 1.26. The highest BCUT2D eigenvalue weighted by molar-refractivity contribution is 5.81. The zero-order valence-corrected chi connectivity index (χ0v) is 11.4. The van der Waals surface area contributed by atoms with Crippen LogP contribution in [-0.4, -0.2) is 48.5 Å². The van der Waals surface area contributed by atoms with Gasteiger partial charge in [-0.1, -0.05) is 6.92 Å². The van der Waals surface area contributed by atoms with Gasteiger partial charge in [0.25, 0.3) is 0 Å². The third-order valence-electron chi connectivity index (χ3n) is 4.09. The monoisotopic (exact) mass is 297 g/mol. The molecule has 1 aliphatic rings. The number of hydrogen-bond donors (Lipinski definition) is 3. The Hall–Kier alpha value is -1.84. The van der Waals surface area contributed by atoms with E-state index in [1.807, 2.05) is 6.92 Å². The molecule has 4 N–H and O–H groups in total. The summed E-state index contributed by atoms with van der Waals surface area (Å²) >= 11 is 0. The molecule has 8 nitrogen and oxygen atoms in total. The molecule has 21 heavy (non-hydrogen) atoms. The summed E-state index contributed by atoms with van der Waals surface area (Å²) in [5.74, 6) is -0.128. The number of ether oxygens (including phenoxy) is 1. The molecule has 114 valence electrons. The molecule has 0 spiro atoms. The number of nitrogens with zero attached hydrogens (tertiary/aromatic N) is 4. The number of anilines is 1. The van der Waals surface area contributed by atoms with Gasteiger partial charge in [-0.05, 0) is 12.3 Å². The second-order valence-electron chi connectivity index (χ2n) is 5.29. The molecule has 0 aromatic carbocycles. The van der Waals surface area contributed by atoms with Crippen molar-refractivity contribution < 1.29 is 19.3 Å². The number of aliphatic hydroxyl groups is 2. The fraction of sp³-hybridized carbons (Fsp3) is 0.583. The number of fused-ring (bicyclic) bond motifs is 1. The average Bonchev–Trinajstić information content (AvgIpc) is 3.00. The lowest BCUT2D eigenvalue weighted by atomic mass is 9.90. The van der Waals surface area contributed by atoms with E-state index in [2.05, 4.69) is 15.0 Å². The predicted molar refractivity (Wildman–Crippen MR) is 70.5 cm³/mol. The molecule has 2 aromatic rings. The Kier molecular flexibility index (Phi) is 3.27. The Bertz CT molecular complexity index is 672. The largest absolute Gasteiger partial charge is 0.393 e. The van der Waals surface area contributed by atoms with E-state index in [9.17, 15) is 14.6 Å². The van der Waals surface area contributed by atoms with E-state index in [1.54, 1.807) is 4.57 Å². The van der Waals surface area contributed by atoms with Gasteiger partial charge in [-0.3, -0.25) is 4.57 Å². The van der Waals surface area contributed by atoms with E-state index in [-0.39, 0.29) is 36.1 Å². The van der Waals surface area contributed by atoms with Gasteiger partial charge in [0.2, 0.25) is 0 Å². The number of hydrogen-bond acceptors (Lipinski definition) is 7. The van der Waals surface area contributed by atoms with Crippen LogP contribution < -0.4 is 5.73 Å². The van der Waals surface area contributed by atoms with Crippen molar-refractivity contribution in [2.45, 2.75) is 25.2 Å². The van der Waals surface area contributed by atoms with Gasteiger partial charge in [-0.15, -0.1) is 0 Å². The first kappa shape index (κ1) is 14.1. The lowest BCUT2D eigenvalue weighted by Crippen LogP contribution is -2.42. The number of nitrogen functional groups attached to an aromatic ring is 1. The number of aromatic nitrogens is 4. The topological polar surface area (TPSA) is 119 Å². The van der Waals surface area contributed by atoms with E-state index in [0.717, 1.165) is 0 Å². The smallest absolute Gasteiger partial charge is 0.312 e. The molecule has 3 heterocycles. The molecule has 0 saturated carbocycles. The van der Waals surface area contributed by atoms with Crippen molar-refractivity contribution in [3.63, 3.8) is 0 Å². The molecule has 0 aliphatic carbocycles. The maximum absolute atomic E-state index is 13.3. The first-order valence-corrected chi connectivity index (χ1v) is 6.56. The van der Waals surface area contributed by atoms with Crippen LogP contribution in [0.25, 0.3) is 11.2 Å². The van der Waals surface area contributed by atoms with Gasteiger partial charge < -0.3 is 20.7 Å². The molecule has 2 aromatic heterocycles. The Morgan fingerprint density at radius 2 is 2.19 bits per heavy atom. The lowest BCUT2D eigenvalue weighted by Gasteiger charge is -2.28. The molecule has 1 fully saturated rings. The van der Waals surface area contributed by atoms with Gasteiger partial charge in [0.05, 0.1) is 19.5 Å². The van der Waals surface area contributed by atoms with Crippen molar-refractivity contribution in [3.8, 4) is 0 Å². The fourth-order valence-corrected chi connectivity index (χ4v) is 2.68. The Labute approximate surface area is 119 Å². The number of halogens is 1. The maximum Gasteiger partial charge on any atom is 0.312 e. The zero-order valence-electron chi connectivity index (χ0n) is 11.4. The van der Waals surface area contributed by atoms with Crippen LogP contribution in [0.4, 0.5) is 10.2 Å². The van der Waals surface area contributed by atoms with E-state index in [1.165, 1.54) is 6.33 Å². The second-order valence-corrected chi connectivity index (χ2v) is 5.29. The van der Waals surface area contributed by atoms with Crippen molar-refractivity contribution >= 4 is 17.0 Å². The van der Waals surface area contributed by atoms with Gasteiger partial charge >= 0.3 is 6.08 Å². The van der Waals surface area contributed by atoms with Crippen molar-refractivity contribution in [1.29, 1.82) is 0 Å². The zero-order chi connectivity index (χ0) is 15.2. The SMILES string of the molecule is C[C@H]1C[C@H](n2cnc3c(N)nc(F)nc32)OC1(CO)CO. The number of rotatable bonds is 3. The van der Waals surface area contributed by atoms with Crippen molar-refractivity contribution in [2.75, 3.05) is 18.9 Å². The summed E-state index contributed by atoms with van der Waals surface area (Å²) in [5.41, 5.74) is 5.10. The minimum Gasteiger partial charge on any atom is -0.393 e. The standard InChI is InChI=1S/C12H16FN5O3/c1-6-2-7(21-12(6,3-19)4-20)18-5-15-8-9(14)16-11(13)17-10(8)18/h5-7,19-20H,2-4H2,1H3,(H2,14,16,17)/t6-,7+/m0/s1. The molecule has 0 radical (unpaired) electrons. The quantitative estimate of drug-likeness (QED) is 0.672. The van der Waals surface area contributed by atoms with E-state index in [0.29, 0.717) is 6.42 Å². The predicted octanol–water partition coefficient (Wildman–Crippen LogP) is -0.174. The van der Waals surface area contributed by atoms with Crippen molar-refractivity contribution in [1.82, 2.24) is 19.5 Å². The summed E-state index contributed by atoms with van der Waals surface area (Å²) < 4.78 is 20.7. The molecular formula is C12H16FN5O3. The van der Waals surface area contributed by atoms with Gasteiger partial charge in [0.15, 0.2) is 17.0 Å². The van der Waals surface area contributed by atoms with E-state index >= 15 is 0 Å². The minimum atomic E-state index is -1.03. The van der Waals surface area contributed by atoms with Crippen LogP contribution in [0.5, 0.6) is 0 Å². The Balaban J connectivity index is 2.03. The van der Waals surface area contributed by atoms with E-state index in [4.69, 9.17) is 10.5 Å². The normalized spacial score (nSPS) is 24.8. The van der Waals surface area contributed by atoms with Crippen LogP contribution in [0.2, 0.25) is 0 Å². The number of nitrogens with two attached hydrogens (primary N) is 1. The number of imidazole rings is 1. The second kappa shape index (κ2) is 4.86. The van der Waals surface area contributed by atoms with Crippen LogP contribution in [0.3, 0.4) is 0 Å². The van der Waals surface area contributed by atoms with Crippen LogP contribution in [-0.2, 0) is 4.74 Å². The van der Waals surface area contributed by atoms with Crippen molar-refractivity contribution in [2.24, 2.45) is 5.92 Å². The highest BCUT2D eigenvalue weighted by atomic mass is 19.1. The first-order valence-electron chi connectivity index (χ1n) is 6.56. The first-order chi connectivity index (χ1) is 10.0. The maximum atomic E-state index is 13.3. The highest BCUT2D eigenvalue weighted by Gasteiger charge is 2.46. The number of aliphatic hydroxyl groups excluding tert-OH is 2. The summed E-state index contributed by atoms with van der Waals surface area (Å²) in [6.07, 6.45) is 0.511. The summed E-state index contributed by atoms with van der Waals surface area (Å²) in [5, 5.41) is 19.0. The molecule has 9 heteroatoms. The fourth-order valence-electron chi connectivity index (χ4n) is 2.68. The van der Waals surface area contributed by atoms with Crippen LogP contribution in [0.15, 0.2) is 6.33 Å². The Morgan fingerprint density at radius 1 is 1.48 bits per heavy atom. The van der Waals surface area contributed by atoms with E-state index < -0.39 is 17.9 Å². The summed E-state index contributed by atoms with van der Waals surface area (Å²) in [7, 11) is 0.